The highest BCUT2D eigenvalue weighted by Crippen LogP contribution is 2.34. The van der Waals surface area contributed by atoms with Crippen LogP contribution in [0, 0.1) is 5.82 Å². The number of halogens is 2. The van der Waals surface area contributed by atoms with Gasteiger partial charge < -0.3 is 14.4 Å². The fourth-order valence-electron chi connectivity index (χ4n) is 4.87. The summed E-state index contributed by atoms with van der Waals surface area (Å²) in [4.78, 5) is 16.6. The molecular formula is C27H28ClFN2O5S2. The van der Waals surface area contributed by atoms with Crippen molar-refractivity contribution in [2.24, 2.45) is 0 Å². The van der Waals surface area contributed by atoms with E-state index in [-0.39, 0.29) is 42.4 Å². The molecule has 3 aromatic rings. The van der Waals surface area contributed by atoms with Crippen LogP contribution in [0.5, 0.6) is 5.75 Å². The van der Waals surface area contributed by atoms with Crippen molar-refractivity contribution >= 4 is 38.9 Å². The highest BCUT2D eigenvalue weighted by Gasteiger charge is 2.36. The molecule has 2 atom stereocenters. The number of hydrogen-bond acceptors (Lipinski definition) is 6. The lowest BCUT2D eigenvalue weighted by Crippen LogP contribution is -2.49. The third-order valence-corrected chi connectivity index (χ3v) is 9.92. The second-order valence-electron chi connectivity index (χ2n) is 9.28. The molecule has 11 heteroatoms. The molecule has 3 heterocycles. The first-order valence-electron chi connectivity index (χ1n) is 12.4. The number of para-hydroxylation sites is 1. The maximum absolute atomic E-state index is 14.2. The Labute approximate surface area is 230 Å². The van der Waals surface area contributed by atoms with E-state index in [1.807, 2.05) is 11.4 Å². The largest absolute Gasteiger partial charge is 0.488 e. The lowest BCUT2D eigenvalue weighted by Gasteiger charge is -2.37. The van der Waals surface area contributed by atoms with Gasteiger partial charge in [0.15, 0.2) is 11.6 Å². The summed E-state index contributed by atoms with van der Waals surface area (Å²) in [5, 5.41) is 2.38. The van der Waals surface area contributed by atoms with Crippen LogP contribution in [0.15, 0.2) is 64.9 Å². The van der Waals surface area contributed by atoms with Crippen molar-refractivity contribution in [2.75, 3.05) is 32.8 Å². The highest BCUT2D eigenvalue weighted by molar-refractivity contribution is 7.89. The van der Waals surface area contributed by atoms with Crippen molar-refractivity contribution < 1.29 is 27.1 Å². The van der Waals surface area contributed by atoms with E-state index in [1.54, 1.807) is 34.4 Å². The summed E-state index contributed by atoms with van der Waals surface area (Å²) in [5.74, 6) is -0.726. The van der Waals surface area contributed by atoms with Gasteiger partial charge in [-0.3, -0.25) is 4.79 Å². The van der Waals surface area contributed by atoms with Crippen molar-refractivity contribution in [1.82, 2.24) is 9.21 Å². The Bertz CT molecular complexity index is 1380. The quantitative estimate of drug-likeness (QED) is 0.360. The summed E-state index contributed by atoms with van der Waals surface area (Å²) in [7, 11) is -4.00. The highest BCUT2D eigenvalue weighted by atomic mass is 35.5. The molecule has 7 nitrogen and oxygen atoms in total. The lowest BCUT2D eigenvalue weighted by molar-refractivity contribution is -0.135. The van der Waals surface area contributed by atoms with Crippen molar-refractivity contribution in [2.45, 2.75) is 36.3 Å². The molecule has 1 aromatic heterocycles. The Morgan fingerprint density at radius 2 is 1.97 bits per heavy atom. The topological polar surface area (TPSA) is 76.2 Å². The van der Waals surface area contributed by atoms with Gasteiger partial charge in [0, 0.05) is 29.6 Å². The Kier molecular flexibility index (Phi) is 8.35. The van der Waals surface area contributed by atoms with Gasteiger partial charge in [-0.2, -0.15) is 4.31 Å². The minimum absolute atomic E-state index is 0.0477. The predicted molar refractivity (Wildman–Crippen MR) is 144 cm³/mol. The molecule has 0 saturated carbocycles. The van der Waals surface area contributed by atoms with E-state index >= 15 is 0 Å². The van der Waals surface area contributed by atoms with Gasteiger partial charge in [0.05, 0.1) is 23.6 Å². The zero-order valence-electron chi connectivity index (χ0n) is 20.6. The third-order valence-electron chi connectivity index (χ3n) is 6.84. The van der Waals surface area contributed by atoms with Crippen LogP contribution in [0.1, 0.15) is 29.3 Å². The molecule has 0 N–H and O–H groups in total. The van der Waals surface area contributed by atoms with Crippen LogP contribution in [-0.2, 0) is 26.0 Å². The summed E-state index contributed by atoms with van der Waals surface area (Å²) >= 11 is 7.58. The molecule has 2 aliphatic rings. The van der Waals surface area contributed by atoms with Crippen LogP contribution in [0.25, 0.3) is 0 Å². The Hall–Kier alpha value is -2.50. The molecular weight excluding hydrogens is 551 g/mol. The zero-order chi connectivity index (χ0) is 26.7. The number of amides is 1. The van der Waals surface area contributed by atoms with Gasteiger partial charge in [-0.25, -0.2) is 12.8 Å². The van der Waals surface area contributed by atoms with E-state index in [0.29, 0.717) is 24.6 Å². The maximum Gasteiger partial charge on any atom is 0.243 e. The molecule has 202 valence electrons. The molecule has 2 aromatic carbocycles. The van der Waals surface area contributed by atoms with Gasteiger partial charge in [0.25, 0.3) is 0 Å². The number of rotatable bonds is 9. The third kappa shape index (κ3) is 5.89. The van der Waals surface area contributed by atoms with Gasteiger partial charge in [0.2, 0.25) is 15.9 Å². The summed E-state index contributed by atoms with van der Waals surface area (Å²) in [5.41, 5.74) is 0.942. The number of thiophene rings is 1. The van der Waals surface area contributed by atoms with Crippen molar-refractivity contribution in [1.29, 1.82) is 0 Å². The molecule has 38 heavy (non-hydrogen) atoms. The molecule has 5 rings (SSSR count). The van der Waals surface area contributed by atoms with E-state index in [9.17, 15) is 17.6 Å². The number of carbonyl (C=O) groups excluding carboxylic acids is 1. The fourth-order valence-corrected chi connectivity index (χ4v) is 7.34. The zero-order valence-corrected chi connectivity index (χ0v) is 23.0. The van der Waals surface area contributed by atoms with Crippen molar-refractivity contribution in [3.05, 3.63) is 81.3 Å². The number of nitrogens with zero attached hydrogens (tertiary/aromatic N) is 2. The molecule has 2 aliphatic heterocycles. The van der Waals surface area contributed by atoms with Gasteiger partial charge in [-0.05, 0) is 72.7 Å². The molecule has 0 spiro atoms. The second kappa shape index (κ2) is 11.7. The first kappa shape index (κ1) is 27.1. The number of carbonyl (C=O) groups is 1. The monoisotopic (exact) mass is 578 g/mol. The Morgan fingerprint density at radius 3 is 2.71 bits per heavy atom. The van der Waals surface area contributed by atoms with Crippen LogP contribution >= 0.6 is 22.9 Å². The first-order valence-corrected chi connectivity index (χ1v) is 15.1. The molecule has 0 radical (unpaired) electrons. The van der Waals surface area contributed by atoms with Gasteiger partial charge >= 0.3 is 0 Å². The predicted octanol–water partition coefficient (Wildman–Crippen LogP) is 4.92. The summed E-state index contributed by atoms with van der Waals surface area (Å²) in [6.45, 7) is 0.750. The summed E-state index contributed by atoms with van der Waals surface area (Å²) in [6.07, 6.45) is 1.94. The number of sulfonamides is 1. The van der Waals surface area contributed by atoms with E-state index in [0.717, 1.165) is 23.3 Å². The molecule has 0 bridgehead atoms. The number of hydrogen-bond donors (Lipinski definition) is 0. The second-order valence-corrected chi connectivity index (χ2v) is 12.7. The summed E-state index contributed by atoms with van der Waals surface area (Å²) in [6, 6.07) is 13.5. The molecule has 0 aliphatic carbocycles. The average Bonchev–Trinajstić information content (AvgIpc) is 3.60. The average molecular weight is 579 g/mol. The molecule has 1 fully saturated rings. The van der Waals surface area contributed by atoms with Gasteiger partial charge in [0.1, 0.15) is 6.61 Å². The van der Waals surface area contributed by atoms with E-state index < -0.39 is 21.9 Å². The number of ether oxygens (including phenoxy) is 2. The van der Waals surface area contributed by atoms with E-state index in [2.05, 4.69) is 0 Å². The fraction of sp³-hybridized carbons (Fsp3) is 0.370. The van der Waals surface area contributed by atoms with Crippen LogP contribution in [0.3, 0.4) is 0 Å². The SMILES string of the molecule is O=C(CN(C[C@H]1CCCO1)S(=O)(=O)c1ccc(Cl)cc1)N1CCc2sccc2[C@H]1COc1ccccc1F. The number of fused-ring (bicyclic) bond motifs is 1. The minimum Gasteiger partial charge on any atom is -0.488 e. The Balaban J connectivity index is 1.39. The molecule has 0 unspecified atom stereocenters. The van der Waals surface area contributed by atoms with Crippen molar-refractivity contribution in [3.8, 4) is 5.75 Å². The van der Waals surface area contributed by atoms with Crippen LogP contribution in [0.4, 0.5) is 4.39 Å². The van der Waals surface area contributed by atoms with Crippen LogP contribution in [-0.4, -0.2) is 62.5 Å². The molecule has 1 saturated heterocycles. The summed E-state index contributed by atoms with van der Waals surface area (Å²) < 4.78 is 54.2. The van der Waals surface area contributed by atoms with Crippen LogP contribution < -0.4 is 4.74 Å². The van der Waals surface area contributed by atoms with Crippen LogP contribution in [0.2, 0.25) is 5.02 Å². The Morgan fingerprint density at radius 1 is 1.18 bits per heavy atom. The smallest absolute Gasteiger partial charge is 0.243 e. The van der Waals surface area contributed by atoms with Crippen molar-refractivity contribution in [3.63, 3.8) is 0 Å². The van der Waals surface area contributed by atoms with Gasteiger partial charge in [-0.15, -0.1) is 11.3 Å². The molecule has 1 amide bonds. The first-order chi connectivity index (χ1) is 18.3. The minimum atomic E-state index is -4.00. The number of benzene rings is 2. The maximum atomic E-state index is 14.2. The van der Waals surface area contributed by atoms with E-state index in [1.165, 1.54) is 34.6 Å². The standard InChI is InChI=1S/C27H28ClFN2O5S2/c28-19-7-9-21(10-8-19)38(33,34)30(16-20-4-3-14-35-20)17-27(32)31-13-11-26-22(12-15-37-26)24(31)18-36-25-6-2-1-5-23(25)29/h1-2,5-10,12,15,20,24H,3-4,11,13-14,16-18H2/t20-,24-/m1/s1. The van der Waals surface area contributed by atoms with E-state index in [4.69, 9.17) is 21.1 Å². The normalized spacial score (nSPS) is 19.5. The van der Waals surface area contributed by atoms with Gasteiger partial charge in [-0.1, -0.05) is 23.7 Å². The lowest BCUT2D eigenvalue weighted by atomic mass is 10.0.